The number of benzene rings is 2. The molecule has 2 aromatic carbocycles. The van der Waals surface area contributed by atoms with Crippen LogP contribution in [-0.2, 0) is 9.53 Å². The van der Waals surface area contributed by atoms with Crippen LogP contribution in [0.1, 0.15) is 16.7 Å². The summed E-state index contributed by atoms with van der Waals surface area (Å²) >= 11 is 0. The van der Waals surface area contributed by atoms with Crippen molar-refractivity contribution < 1.29 is 14.3 Å². The van der Waals surface area contributed by atoms with E-state index in [0.717, 1.165) is 11.1 Å². The van der Waals surface area contributed by atoms with Gasteiger partial charge in [-0.05, 0) is 41.5 Å². The topological polar surface area (TPSA) is 83.1 Å². The Morgan fingerprint density at radius 3 is 2.29 bits per heavy atom. The second-order valence-corrected chi connectivity index (χ2v) is 4.79. The van der Waals surface area contributed by atoms with Crippen LogP contribution in [0.4, 0.5) is 0 Å². The Labute approximate surface area is 140 Å². The van der Waals surface area contributed by atoms with Gasteiger partial charge in [0.2, 0.25) is 0 Å². The van der Waals surface area contributed by atoms with Gasteiger partial charge in [0, 0.05) is 0 Å². The number of methoxy groups -OCH3 is 1. The Morgan fingerprint density at radius 2 is 1.75 bits per heavy atom. The van der Waals surface area contributed by atoms with E-state index in [9.17, 15) is 10.1 Å². The van der Waals surface area contributed by atoms with Crippen LogP contribution < -0.4 is 4.74 Å². The average molecular weight is 318 g/mol. The minimum absolute atomic E-state index is 0.152. The van der Waals surface area contributed by atoms with Gasteiger partial charge >= 0.3 is 5.97 Å². The first-order valence-corrected chi connectivity index (χ1v) is 7.08. The molecular formula is C19H14N2O3. The van der Waals surface area contributed by atoms with Gasteiger partial charge in [-0.3, -0.25) is 0 Å². The van der Waals surface area contributed by atoms with Crippen molar-refractivity contribution in [2.24, 2.45) is 0 Å². The van der Waals surface area contributed by atoms with Crippen molar-refractivity contribution in [1.82, 2.24) is 0 Å². The van der Waals surface area contributed by atoms with Crippen molar-refractivity contribution >= 4 is 17.6 Å². The predicted molar refractivity (Wildman–Crippen MR) is 88.6 cm³/mol. The Balaban J connectivity index is 2.14. The first kappa shape index (κ1) is 16.8. The van der Waals surface area contributed by atoms with Gasteiger partial charge in [0.25, 0.3) is 0 Å². The lowest BCUT2D eigenvalue weighted by atomic mass is 10.0. The van der Waals surface area contributed by atoms with Crippen molar-refractivity contribution in [2.75, 3.05) is 13.7 Å². The monoisotopic (exact) mass is 318 g/mol. The third-order valence-corrected chi connectivity index (χ3v) is 3.22. The molecule has 5 nitrogen and oxygen atoms in total. The third kappa shape index (κ3) is 4.46. The number of allylic oxidation sites excluding steroid dienone is 1. The molecule has 0 spiro atoms. The summed E-state index contributed by atoms with van der Waals surface area (Å²) in [7, 11) is 1.30. The van der Waals surface area contributed by atoms with Gasteiger partial charge < -0.3 is 9.47 Å². The lowest BCUT2D eigenvalue weighted by molar-refractivity contribution is -0.142. The van der Waals surface area contributed by atoms with Gasteiger partial charge in [-0.1, -0.05) is 24.3 Å². The van der Waals surface area contributed by atoms with Crippen LogP contribution >= 0.6 is 0 Å². The molecule has 24 heavy (non-hydrogen) atoms. The van der Waals surface area contributed by atoms with Gasteiger partial charge in [-0.15, -0.1) is 0 Å². The van der Waals surface area contributed by atoms with Crippen LogP contribution in [0.25, 0.3) is 11.6 Å². The largest absolute Gasteiger partial charge is 0.482 e. The number of hydrogen-bond donors (Lipinski definition) is 0. The zero-order valence-electron chi connectivity index (χ0n) is 13.0. The van der Waals surface area contributed by atoms with E-state index in [1.807, 2.05) is 6.07 Å². The summed E-state index contributed by atoms with van der Waals surface area (Å²) in [5, 5.41) is 18.1. The standard InChI is InChI=1S/C19H14N2O3/c1-23-19(22)13-24-18-8-4-14(5-9-18)10-17(12-21)16-6-2-15(11-20)3-7-16/h2-10H,13H2,1H3/b17-10+. The maximum atomic E-state index is 11.0. The molecule has 0 atom stereocenters. The maximum Gasteiger partial charge on any atom is 0.343 e. The molecular weight excluding hydrogens is 304 g/mol. The van der Waals surface area contributed by atoms with Crippen LogP contribution in [0, 0.1) is 22.7 Å². The summed E-state index contributed by atoms with van der Waals surface area (Å²) in [6.45, 7) is -0.152. The number of ether oxygens (including phenoxy) is 2. The average Bonchev–Trinajstić information content (AvgIpc) is 2.65. The summed E-state index contributed by atoms with van der Waals surface area (Å²) < 4.78 is 9.76. The van der Waals surface area contributed by atoms with Crippen LogP contribution in [0.2, 0.25) is 0 Å². The summed E-state index contributed by atoms with van der Waals surface area (Å²) in [6, 6.07) is 18.0. The molecule has 5 heteroatoms. The molecule has 118 valence electrons. The van der Waals surface area contributed by atoms with E-state index in [1.165, 1.54) is 7.11 Å². The summed E-state index contributed by atoms with van der Waals surface area (Å²) in [4.78, 5) is 11.0. The highest BCUT2D eigenvalue weighted by atomic mass is 16.6. The zero-order valence-corrected chi connectivity index (χ0v) is 13.0. The third-order valence-electron chi connectivity index (χ3n) is 3.22. The Hall–Kier alpha value is -3.57. The second kappa shape index (κ2) is 8.17. The quantitative estimate of drug-likeness (QED) is 0.480. The van der Waals surface area contributed by atoms with Gasteiger partial charge in [-0.25, -0.2) is 4.79 Å². The fourth-order valence-corrected chi connectivity index (χ4v) is 1.93. The van der Waals surface area contributed by atoms with E-state index in [2.05, 4.69) is 10.8 Å². The van der Waals surface area contributed by atoms with Crippen LogP contribution in [0.5, 0.6) is 5.75 Å². The maximum absolute atomic E-state index is 11.0. The van der Waals surface area contributed by atoms with E-state index in [-0.39, 0.29) is 6.61 Å². The van der Waals surface area contributed by atoms with E-state index >= 15 is 0 Å². The number of esters is 1. The van der Waals surface area contributed by atoms with Gasteiger partial charge in [0.05, 0.1) is 30.4 Å². The fourth-order valence-electron chi connectivity index (χ4n) is 1.93. The first-order valence-electron chi connectivity index (χ1n) is 7.08. The summed E-state index contributed by atoms with van der Waals surface area (Å²) in [5.74, 6) is 0.0842. The number of hydrogen-bond acceptors (Lipinski definition) is 5. The zero-order chi connectivity index (χ0) is 17.4. The Bertz CT molecular complexity index is 823. The Morgan fingerprint density at radius 1 is 1.08 bits per heavy atom. The van der Waals surface area contributed by atoms with E-state index in [0.29, 0.717) is 16.9 Å². The highest BCUT2D eigenvalue weighted by molar-refractivity contribution is 5.89. The molecule has 0 aliphatic rings. The van der Waals surface area contributed by atoms with Crippen molar-refractivity contribution in [1.29, 1.82) is 10.5 Å². The van der Waals surface area contributed by atoms with Crippen molar-refractivity contribution in [3.63, 3.8) is 0 Å². The number of carbonyl (C=O) groups is 1. The number of carbonyl (C=O) groups excluding carboxylic acids is 1. The predicted octanol–water partition coefficient (Wildman–Crippen LogP) is 3.17. The molecule has 0 radical (unpaired) electrons. The fraction of sp³-hybridized carbons (Fsp3) is 0.105. The summed E-state index contributed by atoms with van der Waals surface area (Å²) in [6.07, 6.45) is 1.74. The molecule has 2 rings (SSSR count). The second-order valence-electron chi connectivity index (χ2n) is 4.79. The molecule has 2 aromatic rings. The lowest BCUT2D eigenvalue weighted by Gasteiger charge is -2.05. The Kier molecular flexibility index (Phi) is 5.71. The minimum atomic E-state index is -0.452. The minimum Gasteiger partial charge on any atom is -0.482 e. The van der Waals surface area contributed by atoms with E-state index in [1.54, 1.807) is 54.6 Å². The summed E-state index contributed by atoms with van der Waals surface area (Å²) in [5.41, 5.74) is 2.59. The molecule has 0 saturated carbocycles. The lowest BCUT2D eigenvalue weighted by Crippen LogP contribution is -2.12. The molecule has 0 heterocycles. The molecule has 0 saturated heterocycles. The van der Waals surface area contributed by atoms with Crippen molar-refractivity contribution in [2.45, 2.75) is 0 Å². The molecule has 0 aromatic heterocycles. The SMILES string of the molecule is COC(=O)COc1ccc(/C=C(\C#N)c2ccc(C#N)cc2)cc1. The van der Waals surface area contributed by atoms with Crippen LogP contribution in [-0.4, -0.2) is 19.7 Å². The van der Waals surface area contributed by atoms with Crippen molar-refractivity contribution in [3.8, 4) is 17.9 Å². The van der Waals surface area contributed by atoms with Gasteiger partial charge in [0.15, 0.2) is 6.61 Å². The first-order chi connectivity index (χ1) is 11.7. The highest BCUT2D eigenvalue weighted by Gasteiger charge is 2.03. The molecule has 0 fully saturated rings. The molecule has 0 aliphatic heterocycles. The van der Waals surface area contributed by atoms with Crippen LogP contribution in [0.3, 0.4) is 0 Å². The van der Waals surface area contributed by atoms with E-state index < -0.39 is 5.97 Å². The van der Waals surface area contributed by atoms with E-state index in [4.69, 9.17) is 10.00 Å². The smallest absolute Gasteiger partial charge is 0.343 e. The number of rotatable bonds is 5. The molecule has 0 bridgehead atoms. The van der Waals surface area contributed by atoms with Gasteiger partial charge in [-0.2, -0.15) is 10.5 Å². The number of nitrogens with zero attached hydrogens (tertiary/aromatic N) is 2. The van der Waals surface area contributed by atoms with Crippen molar-refractivity contribution in [3.05, 3.63) is 65.2 Å². The normalized spacial score (nSPS) is 10.4. The highest BCUT2D eigenvalue weighted by Crippen LogP contribution is 2.20. The molecule has 0 amide bonds. The van der Waals surface area contributed by atoms with Gasteiger partial charge in [0.1, 0.15) is 5.75 Å². The number of nitriles is 2. The molecule has 0 unspecified atom stereocenters. The van der Waals surface area contributed by atoms with Crippen LogP contribution in [0.15, 0.2) is 48.5 Å². The molecule has 0 N–H and O–H groups in total. The molecule has 0 aliphatic carbocycles.